The summed E-state index contributed by atoms with van der Waals surface area (Å²) < 4.78 is 21.2. The van der Waals surface area contributed by atoms with Crippen LogP contribution in [0.25, 0.3) is 11.5 Å². The largest absolute Gasteiger partial charge is 0.493 e. The van der Waals surface area contributed by atoms with Crippen molar-refractivity contribution >= 4 is 5.97 Å². The monoisotopic (exact) mass is 308 g/mol. The number of carboxylic acids is 1. The molecule has 0 aliphatic rings. The molecule has 0 bridgehead atoms. The molecule has 22 heavy (non-hydrogen) atoms. The summed E-state index contributed by atoms with van der Waals surface area (Å²) in [6.45, 7) is 0. The number of carbonyl (C=O) groups is 1. The van der Waals surface area contributed by atoms with Gasteiger partial charge in [0.2, 0.25) is 17.5 Å². The molecule has 0 fully saturated rings. The fourth-order valence-corrected chi connectivity index (χ4v) is 1.89. The van der Waals surface area contributed by atoms with Crippen LogP contribution in [0.3, 0.4) is 0 Å². The summed E-state index contributed by atoms with van der Waals surface area (Å²) in [4.78, 5) is 10.6. The average Bonchev–Trinajstić information content (AvgIpc) is 3.00. The highest BCUT2D eigenvalue weighted by Crippen LogP contribution is 2.40. The van der Waals surface area contributed by atoms with Crippen LogP contribution >= 0.6 is 0 Å². The zero-order valence-corrected chi connectivity index (χ0v) is 12.5. The molecule has 0 saturated heterocycles. The van der Waals surface area contributed by atoms with E-state index in [4.69, 9.17) is 23.7 Å². The van der Waals surface area contributed by atoms with E-state index in [-0.39, 0.29) is 24.6 Å². The predicted octanol–water partition coefficient (Wildman–Crippen LogP) is 1.78. The van der Waals surface area contributed by atoms with Crippen molar-refractivity contribution in [2.45, 2.75) is 12.8 Å². The number of hydrogen-bond acceptors (Lipinski definition) is 7. The fourth-order valence-electron chi connectivity index (χ4n) is 1.89. The Morgan fingerprint density at radius 1 is 1.14 bits per heavy atom. The van der Waals surface area contributed by atoms with Gasteiger partial charge in [-0.3, -0.25) is 4.79 Å². The topological polar surface area (TPSA) is 104 Å². The minimum atomic E-state index is -0.924. The third-order valence-electron chi connectivity index (χ3n) is 2.93. The van der Waals surface area contributed by atoms with Gasteiger partial charge >= 0.3 is 5.97 Å². The van der Waals surface area contributed by atoms with E-state index in [1.165, 1.54) is 21.3 Å². The van der Waals surface area contributed by atoms with E-state index in [0.29, 0.717) is 22.8 Å². The molecule has 0 amide bonds. The van der Waals surface area contributed by atoms with Crippen molar-refractivity contribution in [1.82, 2.24) is 10.2 Å². The minimum absolute atomic E-state index is 0.0725. The van der Waals surface area contributed by atoms with E-state index in [0.717, 1.165) is 0 Å². The Kier molecular flexibility index (Phi) is 4.82. The lowest BCUT2D eigenvalue weighted by Gasteiger charge is -2.12. The summed E-state index contributed by atoms with van der Waals surface area (Å²) in [6.07, 6.45) is 0.101. The smallest absolute Gasteiger partial charge is 0.303 e. The molecule has 0 saturated carbocycles. The number of rotatable bonds is 7. The Morgan fingerprint density at radius 3 is 2.27 bits per heavy atom. The molecule has 1 heterocycles. The summed E-state index contributed by atoms with van der Waals surface area (Å²) in [5, 5.41) is 16.4. The molecule has 1 N–H and O–H groups in total. The Balaban J connectivity index is 2.34. The number of aromatic nitrogens is 2. The Morgan fingerprint density at radius 2 is 1.77 bits per heavy atom. The molecule has 2 aromatic rings. The van der Waals surface area contributed by atoms with Gasteiger partial charge in [-0.1, -0.05) is 0 Å². The van der Waals surface area contributed by atoms with Crippen molar-refractivity contribution in [1.29, 1.82) is 0 Å². The fraction of sp³-hybridized carbons (Fsp3) is 0.357. The SMILES string of the molecule is COc1cc(-c2nnc(CCC(=O)O)o2)cc(OC)c1OC. The molecule has 0 aliphatic heterocycles. The molecule has 8 nitrogen and oxygen atoms in total. The number of ether oxygens (including phenoxy) is 3. The first-order valence-electron chi connectivity index (χ1n) is 6.43. The lowest BCUT2D eigenvalue weighted by Crippen LogP contribution is -1.97. The van der Waals surface area contributed by atoms with Crippen LogP contribution in [-0.2, 0) is 11.2 Å². The third-order valence-corrected chi connectivity index (χ3v) is 2.93. The summed E-state index contributed by atoms with van der Waals surface area (Å²) >= 11 is 0. The molecule has 0 spiro atoms. The predicted molar refractivity (Wildman–Crippen MR) is 75.3 cm³/mol. The first kappa shape index (κ1) is 15.6. The number of carboxylic acid groups (broad SMARTS) is 1. The molecule has 0 aliphatic carbocycles. The molecular weight excluding hydrogens is 292 g/mol. The second-order valence-electron chi connectivity index (χ2n) is 4.31. The van der Waals surface area contributed by atoms with Gasteiger partial charge in [-0.2, -0.15) is 0 Å². The van der Waals surface area contributed by atoms with Crippen LogP contribution in [0.15, 0.2) is 16.5 Å². The van der Waals surface area contributed by atoms with Gasteiger partial charge in [0.25, 0.3) is 0 Å². The summed E-state index contributed by atoms with van der Waals surface area (Å²) in [5.41, 5.74) is 0.587. The average molecular weight is 308 g/mol. The molecular formula is C14H16N2O6. The first-order chi connectivity index (χ1) is 10.6. The van der Waals surface area contributed by atoms with Gasteiger partial charge in [0, 0.05) is 12.0 Å². The van der Waals surface area contributed by atoms with Crippen LogP contribution in [0, 0.1) is 0 Å². The van der Waals surface area contributed by atoms with Crippen LogP contribution in [0.1, 0.15) is 12.3 Å². The van der Waals surface area contributed by atoms with E-state index >= 15 is 0 Å². The van der Waals surface area contributed by atoms with Gasteiger partial charge in [-0.15, -0.1) is 10.2 Å². The molecule has 8 heteroatoms. The Labute approximate surface area is 126 Å². The lowest BCUT2D eigenvalue weighted by molar-refractivity contribution is -0.137. The van der Waals surface area contributed by atoms with Crippen molar-refractivity contribution in [2.24, 2.45) is 0 Å². The summed E-state index contributed by atoms with van der Waals surface area (Å²) in [7, 11) is 4.52. The van der Waals surface area contributed by atoms with Crippen molar-refractivity contribution in [2.75, 3.05) is 21.3 Å². The Hall–Kier alpha value is -2.77. The van der Waals surface area contributed by atoms with E-state index in [9.17, 15) is 4.79 Å². The van der Waals surface area contributed by atoms with Crippen LogP contribution in [0.5, 0.6) is 17.2 Å². The van der Waals surface area contributed by atoms with Crippen LogP contribution < -0.4 is 14.2 Å². The van der Waals surface area contributed by atoms with Crippen molar-refractivity contribution in [3.63, 3.8) is 0 Å². The zero-order chi connectivity index (χ0) is 16.1. The number of aliphatic carboxylic acids is 1. The maximum atomic E-state index is 10.6. The number of nitrogens with zero attached hydrogens (tertiary/aromatic N) is 2. The summed E-state index contributed by atoms with van der Waals surface area (Å²) in [5.74, 6) is 0.960. The molecule has 118 valence electrons. The van der Waals surface area contributed by atoms with E-state index < -0.39 is 5.97 Å². The zero-order valence-electron chi connectivity index (χ0n) is 12.5. The van der Waals surface area contributed by atoms with Gasteiger partial charge in [0.1, 0.15) is 0 Å². The number of benzene rings is 1. The highest BCUT2D eigenvalue weighted by Gasteiger charge is 2.17. The van der Waals surface area contributed by atoms with Gasteiger partial charge in [0.15, 0.2) is 11.5 Å². The molecule has 0 unspecified atom stereocenters. The van der Waals surface area contributed by atoms with Gasteiger partial charge in [-0.05, 0) is 12.1 Å². The second-order valence-corrected chi connectivity index (χ2v) is 4.31. The van der Waals surface area contributed by atoms with Gasteiger partial charge < -0.3 is 23.7 Å². The molecule has 1 aromatic heterocycles. The van der Waals surface area contributed by atoms with Crippen LogP contribution in [-0.4, -0.2) is 42.6 Å². The van der Waals surface area contributed by atoms with E-state index in [1.54, 1.807) is 12.1 Å². The maximum absolute atomic E-state index is 10.6. The summed E-state index contributed by atoms with van der Waals surface area (Å²) in [6, 6.07) is 3.35. The quantitative estimate of drug-likeness (QED) is 0.825. The van der Waals surface area contributed by atoms with E-state index in [2.05, 4.69) is 10.2 Å². The molecule has 0 radical (unpaired) electrons. The number of aryl methyl sites for hydroxylation is 1. The normalized spacial score (nSPS) is 10.3. The standard InChI is InChI=1S/C14H16N2O6/c1-19-9-6-8(7-10(20-2)13(9)21-3)14-16-15-11(22-14)4-5-12(17)18/h6-7H,4-5H2,1-3H3,(H,17,18). The van der Waals surface area contributed by atoms with Crippen molar-refractivity contribution in [3.05, 3.63) is 18.0 Å². The first-order valence-corrected chi connectivity index (χ1v) is 6.43. The van der Waals surface area contributed by atoms with Crippen molar-refractivity contribution < 1.29 is 28.5 Å². The molecule has 1 aromatic carbocycles. The number of hydrogen-bond donors (Lipinski definition) is 1. The van der Waals surface area contributed by atoms with E-state index in [1.807, 2.05) is 0 Å². The minimum Gasteiger partial charge on any atom is -0.493 e. The van der Waals surface area contributed by atoms with Crippen LogP contribution in [0.4, 0.5) is 0 Å². The second kappa shape index (κ2) is 6.79. The number of methoxy groups -OCH3 is 3. The highest BCUT2D eigenvalue weighted by molar-refractivity contribution is 5.67. The molecule has 0 atom stereocenters. The highest BCUT2D eigenvalue weighted by atomic mass is 16.5. The maximum Gasteiger partial charge on any atom is 0.303 e. The van der Waals surface area contributed by atoms with Gasteiger partial charge in [-0.25, -0.2) is 0 Å². The van der Waals surface area contributed by atoms with Gasteiger partial charge in [0.05, 0.1) is 27.8 Å². The van der Waals surface area contributed by atoms with Crippen molar-refractivity contribution in [3.8, 4) is 28.7 Å². The third kappa shape index (κ3) is 3.27. The van der Waals surface area contributed by atoms with Crippen LogP contribution in [0.2, 0.25) is 0 Å². The lowest BCUT2D eigenvalue weighted by atomic mass is 10.2. The Bertz CT molecular complexity index is 642. The molecule has 2 rings (SSSR count).